The standard InChI is InChI=1S/C7H5ClF2N2O2/c8-5(14)3-2(6(9)10)1-12-7(11)4(3)13/h1,6,13H,(H2,11,12). The number of carbonyl (C=O) groups excluding carboxylic acids is 1. The van der Waals surface area contributed by atoms with Crippen LogP contribution in [0.15, 0.2) is 6.20 Å². The van der Waals surface area contributed by atoms with Crippen molar-refractivity contribution in [3.8, 4) is 5.75 Å². The average molecular weight is 223 g/mol. The molecule has 0 spiro atoms. The number of alkyl halides is 2. The third-order valence-corrected chi connectivity index (χ3v) is 1.73. The molecule has 0 radical (unpaired) electrons. The van der Waals surface area contributed by atoms with Crippen molar-refractivity contribution in [1.82, 2.24) is 4.98 Å². The highest BCUT2D eigenvalue weighted by Gasteiger charge is 2.23. The molecule has 0 aliphatic heterocycles. The van der Waals surface area contributed by atoms with Crippen LogP contribution in [0.3, 0.4) is 0 Å². The molecule has 14 heavy (non-hydrogen) atoms. The van der Waals surface area contributed by atoms with E-state index in [1.165, 1.54) is 0 Å². The van der Waals surface area contributed by atoms with Crippen LogP contribution in [0.4, 0.5) is 14.6 Å². The zero-order valence-corrected chi connectivity index (χ0v) is 7.42. The predicted octanol–water partition coefficient (Wildman–Crippen LogP) is 1.69. The molecular formula is C7H5ClF2N2O2. The van der Waals surface area contributed by atoms with Crippen LogP contribution in [0.5, 0.6) is 5.75 Å². The third kappa shape index (κ3) is 1.74. The molecule has 0 atom stereocenters. The van der Waals surface area contributed by atoms with Crippen molar-refractivity contribution < 1.29 is 18.7 Å². The first-order valence-electron chi connectivity index (χ1n) is 3.40. The minimum atomic E-state index is -2.95. The number of halogens is 3. The van der Waals surface area contributed by atoms with E-state index in [1.54, 1.807) is 0 Å². The second-order valence-electron chi connectivity index (χ2n) is 2.40. The molecule has 0 unspecified atom stereocenters. The number of pyridine rings is 1. The molecule has 1 heterocycles. The van der Waals surface area contributed by atoms with Gasteiger partial charge in [-0.25, -0.2) is 13.8 Å². The van der Waals surface area contributed by atoms with Crippen LogP contribution in [0, 0.1) is 0 Å². The number of nitrogens with zero attached hydrogens (tertiary/aromatic N) is 1. The second kappa shape index (κ2) is 3.75. The van der Waals surface area contributed by atoms with E-state index in [1.807, 2.05) is 0 Å². The van der Waals surface area contributed by atoms with E-state index in [0.29, 0.717) is 6.20 Å². The molecule has 1 rings (SSSR count). The average Bonchev–Trinajstić information content (AvgIpc) is 2.08. The van der Waals surface area contributed by atoms with Crippen molar-refractivity contribution in [3.05, 3.63) is 17.3 Å². The molecule has 3 N–H and O–H groups in total. The monoisotopic (exact) mass is 222 g/mol. The largest absolute Gasteiger partial charge is 0.504 e. The number of hydrogen-bond donors (Lipinski definition) is 2. The van der Waals surface area contributed by atoms with Gasteiger partial charge in [0.25, 0.3) is 11.7 Å². The second-order valence-corrected chi connectivity index (χ2v) is 2.74. The van der Waals surface area contributed by atoms with Crippen LogP contribution in [-0.2, 0) is 0 Å². The van der Waals surface area contributed by atoms with Crippen LogP contribution in [0.2, 0.25) is 0 Å². The van der Waals surface area contributed by atoms with Crippen molar-refractivity contribution in [2.45, 2.75) is 6.43 Å². The van der Waals surface area contributed by atoms with Crippen LogP contribution in [0.25, 0.3) is 0 Å². The highest BCUT2D eigenvalue weighted by molar-refractivity contribution is 6.68. The first kappa shape index (κ1) is 10.6. The molecule has 76 valence electrons. The zero-order chi connectivity index (χ0) is 10.9. The summed E-state index contributed by atoms with van der Waals surface area (Å²) >= 11 is 5.01. The van der Waals surface area contributed by atoms with Gasteiger partial charge in [-0.15, -0.1) is 0 Å². The van der Waals surface area contributed by atoms with Crippen LogP contribution in [0.1, 0.15) is 22.3 Å². The molecule has 0 bridgehead atoms. The Morgan fingerprint density at radius 3 is 2.64 bits per heavy atom. The lowest BCUT2D eigenvalue weighted by Gasteiger charge is -2.07. The van der Waals surface area contributed by atoms with Gasteiger partial charge in [-0.3, -0.25) is 4.79 Å². The smallest absolute Gasteiger partial charge is 0.266 e. The molecule has 0 aromatic carbocycles. The van der Waals surface area contributed by atoms with Gasteiger partial charge in [-0.1, -0.05) is 0 Å². The van der Waals surface area contributed by atoms with E-state index in [4.69, 9.17) is 17.3 Å². The summed E-state index contributed by atoms with van der Waals surface area (Å²) in [6.07, 6.45) is -2.25. The highest BCUT2D eigenvalue weighted by Crippen LogP contribution is 2.32. The van der Waals surface area contributed by atoms with Gasteiger partial charge in [0.1, 0.15) is 0 Å². The lowest BCUT2D eigenvalue weighted by atomic mass is 10.1. The predicted molar refractivity (Wildman–Crippen MR) is 45.5 cm³/mol. The van der Waals surface area contributed by atoms with E-state index >= 15 is 0 Å². The first-order valence-corrected chi connectivity index (χ1v) is 3.78. The maximum Gasteiger partial charge on any atom is 0.266 e. The fourth-order valence-corrected chi connectivity index (χ4v) is 1.10. The number of aromatic hydroxyl groups is 1. The Morgan fingerprint density at radius 2 is 2.21 bits per heavy atom. The number of carbonyl (C=O) groups is 1. The summed E-state index contributed by atoms with van der Waals surface area (Å²) in [5.41, 5.74) is 3.67. The molecule has 1 aromatic rings. The quantitative estimate of drug-likeness (QED) is 0.747. The van der Waals surface area contributed by atoms with Gasteiger partial charge in [0.05, 0.1) is 11.1 Å². The Labute approximate surface area is 82.3 Å². The van der Waals surface area contributed by atoms with E-state index in [-0.39, 0.29) is 0 Å². The maximum absolute atomic E-state index is 12.3. The summed E-state index contributed by atoms with van der Waals surface area (Å²) < 4.78 is 24.6. The summed E-state index contributed by atoms with van der Waals surface area (Å²) in [5.74, 6) is -1.23. The molecule has 1 aromatic heterocycles. The highest BCUT2D eigenvalue weighted by atomic mass is 35.5. The molecule has 7 heteroatoms. The lowest BCUT2D eigenvalue weighted by Crippen LogP contribution is -2.03. The Kier molecular flexibility index (Phi) is 2.85. The van der Waals surface area contributed by atoms with Crippen molar-refractivity contribution in [3.63, 3.8) is 0 Å². The number of aromatic nitrogens is 1. The lowest BCUT2D eigenvalue weighted by molar-refractivity contribution is 0.106. The Bertz CT molecular complexity index is 384. The number of rotatable bonds is 2. The molecule has 0 saturated carbocycles. The fraction of sp³-hybridized carbons (Fsp3) is 0.143. The van der Waals surface area contributed by atoms with Gasteiger partial charge in [-0.2, -0.15) is 0 Å². The maximum atomic E-state index is 12.3. The van der Waals surface area contributed by atoms with Crippen LogP contribution >= 0.6 is 11.6 Å². The topological polar surface area (TPSA) is 76.2 Å². The van der Waals surface area contributed by atoms with E-state index in [9.17, 15) is 18.7 Å². The Morgan fingerprint density at radius 1 is 1.64 bits per heavy atom. The summed E-state index contributed by atoms with van der Waals surface area (Å²) in [7, 11) is 0. The van der Waals surface area contributed by atoms with Crippen molar-refractivity contribution in [1.29, 1.82) is 0 Å². The number of nitrogen functional groups attached to an aromatic ring is 1. The minimum absolute atomic E-state index is 0.418. The number of anilines is 1. The summed E-state index contributed by atoms with van der Waals surface area (Å²) in [5, 5.41) is 7.97. The van der Waals surface area contributed by atoms with Crippen LogP contribution in [-0.4, -0.2) is 15.3 Å². The number of hydrogen-bond acceptors (Lipinski definition) is 4. The van der Waals surface area contributed by atoms with Crippen molar-refractivity contribution in [2.75, 3.05) is 5.73 Å². The Balaban J connectivity index is 3.45. The zero-order valence-electron chi connectivity index (χ0n) is 6.67. The van der Waals surface area contributed by atoms with Crippen molar-refractivity contribution >= 4 is 22.7 Å². The SMILES string of the molecule is Nc1ncc(C(F)F)c(C(=O)Cl)c1O. The first-order chi connectivity index (χ1) is 6.45. The van der Waals surface area contributed by atoms with E-state index in [2.05, 4.69) is 4.98 Å². The third-order valence-electron chi connectivity index (χ3n) is 1.54. The van der Waals surface area contributed by atoms with Gasteiger partial charge in [0.15, 0.2) is 11.6 Å². The number of nitrogens with two attached hydrogens (primary N) is 1. The van der Waals surface area contributed by atoms with E-state index in [0.717, 1.165) is 0 Å². The summed E-state index contributed by atoms with van der Waals surface area (Å²) in [6, 6.07) is 0. The molecule has 0 amide bonds. The summed E-state index contributed by atoms with van der Waals surface area (Å²) in [4.78, 5) is 14.0. The van der Waals surface area contributed by atoms with Gasteiger partial charge in [-0.05, 0) is 11.6 Å². The normalized spacial score (nSPS) is 10.6. The van der Waals surface area contributed by atoms with E-state index < -0.39 is 34.4 Å². The van der Waals surface area contributed by atoms with Crippen LogP contribution < -0.4 is 5.73 Å². The van der Waals surface area contributed by atoms with Crippen molar-refractivity contribution in [2.24, 2.45) is 0 Å². The molecule has 0 aliphatic rings. The van der Waals surface area contributed by atoms with Gasteiger partial charge in [0.2, 0.25) is 0 Å². The molecule has 4 nitrogen and oxygen atoms in total. The molecular weight excluding hydrogens is 218 g/mol. The van der Waals surface area contributed by atoms with Gasteiger partial charge < -0.3 is 10.8 Å². The van der Waals surface area contributed by atoms with Gasteiger partial charge in [0, 0.05) is 6.20 Å². The minimum Gasteiger partial charge on any atom is -0.504 e. The van der Waals surface area contributed by atoms with Gasteiger partial charge >= 0.3 is 0 Å². The molecule has 0 aliphatic carbocycles. The molecule has 0 fully saturated rings. The summed E-state index contributed by atoms with van der Waals surface area (Å²) in [6.45, 7) is 0. The molecule has 0 saturated heterocycles. The fourth-order valence-electron chi connectivity index (χ4n) is 0.902. The Hall–Kier alpha value is -1.43.